The first-order valence-corrected chi connectivity index (χ1v) is 9.96. The molecule has 3 N–H and O–H groups in total. The fourth-order valence-corrected chi connectivity index (χ4v) is 2.84. The second-order valence-electron chi connectivity index (χ2n) is 7.71. The predicted molar refractivity (Wildman–Crippen MR) is 112 cm³/mol. The topological polar surface area (TPSA) is 75.8 Å². The molecule has 0 heterocycles. The van der Waals surface area contributed by atoms with Crippen molar-refractivity contribution in [2.75, 3.05) is 26.3 Å². The van der Waals surface area contributed by atoms with Crippen LogP contribution < -0.4 is 10.5 Å². The van der Waals surface area contributed by atoms with Crippen LogP contribution in [0.2, 0.25) is 0 Å². The number of hydrogen-bond acceptors (Lipinski definition) is 4. The van der Waals surface area contributed by atoms with Crippen molar-refractivity contribution < 1.29 is 19.0 Å². The number of amides is 1. The van der Waals surface area contributed by atoms with Crippen molar-refractivity contribution in [2.24, 2.45) is 17.6 Å². The van der Waals surface area contributed by atoms with Crippen molar-refractivity contribution in [3.63, 3.8) is 0 Å². The second kappa shape index (κ2) is 11.5. The van der Waals surface area contributed by atoms with Crippen LogP contribution in [0, 0.1) is 17.7 Å². The Balaban J connectivity index is 2.06. The fourth-order valence-electron chi connectivity index (χ4n) is 2.84. The van der Waals surface area contributed by atoms with E-state index in [1.54, 1.807) is 17.0 Å². The molecule has 0 aliphatic carbocycles. The first-order chi connectivity index (χ1) is 13.9. The summed E-state index contributed by atoms with van der Waals surface area (Å²) < 4.78 is 18.9. The van der Waals surface area contributed by atoms with Gasteiger partial charge < -0.3 is 20.5 Å². The van der Waals surface area contributed by atoms with Crippen LogP contribution in [-0.2, 0) is 17.8 Å². The van der Waals surface area contributed by atoms with Crippen molar-refractivity contribution >= 4 is 5.91 Å². The summed E-state index contributed by atoms with van der Waals surface area (Å²) in [5.74, 6) is 0.629. The summed E-state index contributed by atoms with van der Waals surface area (Å²) >= 11 is 0. The first-order valence-electron chi connectivity index (χ1n) is 9.96. The molecule has 0 aromatic heterocycles. The molecule has 29 heavy (non-hydrogen) atoms. The van der Waals surface area contributed by atoms with Gasteiger partial charge in [-0.05, 0) is 47.9 Å². The molecule has 0 bridgehead atoms. The third-order valence-electron chi connectivity index (χ3n) is 4.57. The lowest BCUT2D eigenvalue weighted by Gasteiger charge is -2.26. The molecule has 0 spiro atoms. The van der Waals surface area contributed by atoms with Gasteiger partial charge in [-0.25, -0.2) is 4.39 Å². The minimum atomic E-state index is -0.318. The van der Waals surface area contributed by atoms with E-state index in [1.165, 1.54) is 12.1 Å². The molecule has 0 saturated carbocycles. The number of nitrogens with zero attached hydrogens (tertiary/aromatic N) is 1. The molecule has 2 aromatic rings. The molecular weight excluding hydrogens is 371 g/mol. The Morgan fingerprint density at radius 3 is 2.28 bits per heavy atom. The van der Waals surface area contributed by atoms with Crippen molar-refractivity contribution in [3.05, 3.63) is 65.5 Å². The Kier molecular flexibility index (Phi) is 9.09. The lowest BCUT2D eigenvalue weighted by Crippen LogP contribution is -2.39. The minimum absolute atomic E-state index is 0.0722. The summed E-state index contributed by atoms with van der Waals surface area (Å²) in [4.78, 5) is 14.6. The zero-order valence-electron chi connectivity index (χ0n) is 17.2. The van der Waals surface area contributed by atoms with Crippen LogP contribution in [0.1, 0.15) is 25.0 Å². The van der Waals surface area contributed by atoms with E-state index in [2.05, 4.69) is 13.8 Å². The van der Waals surface area contributed by atoms with E-state index in [9.17, 15) is 14.3 Å². The van der Waals surface area contributed by atoms with E-state index in [4.69, 9.17) is 10.5 Å². The maximum Gasteiger partial charge on any atom is 0.227 e. The number of carbonyl (C=O) groups excluding carboxylic acids is 1. The van der Waals surface area contributed by atoms with Gasteiger partial charge in [0.2, 0.25) is 5.91 Å². The van der Waals surface area contributed by atoms with Gasteiger partial charge in [0.15, 0.2) is 0 Å². The lowest BCUT2D eigenvalue weighted by molar-refractivity contribution is -0.131. The van der Waals surface area contributed by atoms with Crippen molar-refractivity contribution in [1.82, 2.24) is 4.90 Å². The van der Waals surface area contributed by atoms with Gasteiger partial charge in [-0.3, -0.25) is 4.79 Å². The fraction of sp³-hybridized carbons (Fsp3) is 0.435. The molecule has 2 aromatic carbocycles. The van der Waals surface area contributed by atoms with Crippen molar-refractivity contribution in [2.45, 2.75) is 26.8 Å². The molecule has 6 heteroatoms. The number of aliphatic hydroxyl groups is 1. The van der Waals surface area contributed by atoms with Gasteiger partial charge in [-0.2, -0.15) is 0 Å². The largest absolute Gasteiger partial charge is 0.493 e. The van der Waals surface area contributed by atoms with Gasteiger partial charge in [0.1, 0.15) is 11.6 Å². The Hall–Kier alpha value is -2.44. The van der Waals surface area contributed by atoms with Crippen LogP contribution >= 0.6 is 0 Å². The van der Waals surface area contributed by atoms with Crippen LogP contribution in [0.4, 0.5) is 4.39 Å². The lowest BCUT2D eigenvalue weighted by atomic mass is 10.1. The Morgan fingerprint density at radius 2 is 1.72 bits per heavy atom. The smallest absolute Gasteiger partial charge is 0.227 e. The summed E-state index contributed by atoms with van der Waals surface area (Å²) in [7, 11) is 0. The number of aliphatic hydroxyl groups excluding tert-OH is 1. The van der Waals surface area contributed by atoms with Crippen molar-refractivity contribution in [3.8, 4) is 5.75 Å². The monoisotopic (exact) mass is 402 g/mol. The molecule has 0 saturated heterocycles. The number of benzene rings is 2. The molecule has 1 amide bonds. The Bertz CT molecular complexity index is 744. The van der Waals surface area contributed by atoms with E-state index in [-0.39, 0.29) is 37.2 Å². The molecule has 0 unspecified atom stereocenters. The Morgan fingerprint density at radius 1 is 1.10 bits per heavy atom. The summed E-state index contributed by atoms with van der Waals surface area (Å²) in [6.07, 6.45) is 0.231. The highest BCUT2D eigenvalue weighted by atomic mass is 19.1. The summed E-state index contributed by atoms with van der Waals surface area (Å²) in [5.41, 5.74) is 7.41. The van der Waals surface area contributed by atoms with Crippen LogP contribution in [-0.4, -0.2) is 42.2 Å². The molecule has 0 aliphatic heterocycles. The SMILES string of the molecule is CC(C)COc1ccc(CC(=O)N(Cc2ccc(F)cc2)C[C@@H](CN)CO)cc1. The quantitative estimate of drug-likeness (QED) is 0.606. The van der Waals surface area contributed by atoms with Crippen molar-refractivity contribution in [1.29, 1.82) is 0 Å². The van der Waals surface area contributed by atoms with Crippen LogP contribution in [0.5, 0.6) is 5.75 Å². The predicted octanol–water partition coefficient (Wildman–Crippen LogP) is 3.00. The highest BCUT2D eigenvalue weighted by Gasteiger charge is 2.19. The van der Waals surface area contributed by atoms with E-state index < -0.39 is 0 Å². The highest BCUT2D eigenvalue weighted by Crippen LogP contribution is 2.16. The maximum atomic E-state index is 13.2. The van der Waals surface area contributed by atoms with E-state index in [1.807, 2.05) is 24.3 Å². The summed E-state index contributed by atoms with van der Waals surface area (Å²) in [6, 6.07) is 13.6. The number of hydrogen-bond donors (Lipinski definition) is 2. The van der Waals surface area contributed by atoms with Gasteiger partial charge in [-0.15, -0.1) is 0 Å². The normalized spacial score (nSPS) is 12.1. The van der Waals surface area contributed by atoms with Gasteiger partial charge in [0.05, 0.1) is 13.0 Å². The maximum absolute atomic E-state index is 13.2. The van der Waals surface area contributed by atoms with Crippen LogP contribution in [0.15, 0.2) is 48.5 Å². The molecule has 2 rings (SSSR count). The van der Waals surface area contributed by atoms with Crippen LogP contribution in [0.25, 0.3) is 0 Å². The molecular formula is C23H31FN2O3. The van der Waals surface area contributed by atoms with Gasteiger partial charge in [0, 0.05) is 25.6 Å². The summed E-state index contributed by atoms with van der Waals surface area (Å²) in [6.45, 7) is 5.69. The number of ether oxygens (including phenoxy) is 1. The average Bonchev–Trinajstić information content (AvgIpc) is 2.72. The zero-order chi connectivity index (χ0) is 21.2. The van der Waals surface area contributed by atoms with Crippen LogP contribution in [0.3, 0.4) is 0 Å². The number of carbonyl (C=O) groups is 1. The minimum Gasteiger partial charge on any atom is -0.493 e. The van der Waals surface area contributed by atoms with E-state index >= 15 is 0 Å². The second-order valence-corrected chi connectivity index (χ2v) is 7.71. The van der Waals surface area contributed by atoms with Gasteiger partial charge in [0.25, 0.3) is 0 Å². The highest BCUT2D eigenvalue weighted by molar-refractivity contribution is 5.78. The van der Waals surface area contributed by atoms with E-state index in [0.717, 1.165) is 16.9 Å². The molecule has 0 fully saturated rings. The molecule has 0 radical (unpaired) electrons. The third-order valence-corrected chi connectivity index (χ3v) is 4.57. The van der Waals surface area contributed by atoms with Gasteiger partial charge in [-0.1, -0.05) is 38.1 Å². The van der Waals surface area contributed by atoms with Gasteiger partial charge >= 0.3 is 0 Å². The summed E-state index contributed by atoms with van der Waals surface area (Å²) in [5, 5.41) is 9.49. The zero-order valence-corrected chi connectivity index (χ0v) is 17.2. The number of rotatable bonds is 11. The first kappa shape index (κ1) is 22.8. The number of halogens is 1. The van der Waals surface area contributed by atoms with E-state index in [0.29, 0.717) is 25.6 Å². The average molecular weight is 403 g/mol. The molecule has 1 atom stereocenters. The third kappa shape index (κ3) is 7.83. The number of nitrogens with two attached hydrogens (primary N) is 1. The molecule has 0 aliphatic rings. The molecule has 5 nitrogen and oxygen atoms in total. The Labute approximate surface area is 172 Å². The molecule has 158 valence electrons. The standard InChI is InChI=1S/C23H31FN2O3/c1-17(2)16-29-22-9-5-18(6-10-22)11-23(28)26(14-20(12-25)15-27)13-19-3-7-21(24)8-4-19/h3-10,17,20,27H,11-16,25H2,1-2H3/t20-/m1/s1.